The molecular formula is C4H9Li-2. The Bertz CT molecular complexity index is 5.61. The van der Waals surface area contributed by atoms with Crippen LogP contribution in [-0.2, 0) is 0 Å². The molecule has 0 unspecified atom stereocenters. The molecule has 0 fully saturated rings. The molecule has 0 bridgehead atoms. The number of hydrogen-bond acceptors (Lipinski definition) is 0. The maximum absolute atomic E-state index is 2.12. The summed E-state index contributed by atoms with van der Waals surface area (Å²) in [6, 6.07) is 0. The Morgan fingerprint density at radius 1 is 1.60 bits per heavy atom. The van der Waals surface area contributed by atoms with Gasteiger partial charge < -0.3 is 25.3 Å². The summed E-state index contributed by atoms with van der Waals surface area (Å²) in [7, 11) is 0. The van der Waals surface area contributed by atoms with Gasteiger partial charge in [0.25, 0.3) is 0 Å². The summed E-state index contributed by atoms with van der Waals surface area (Å²) >= 11 is 0. The predicted molar refractivity (Wildman–Crippen MR) is 26.0 cm³/mol. The van der Waals surface area contributed by atoms with Gasteiger partial charge in [0.1, 0.15) is 0 Å². The molecule has 1 heteroatoms. The Hall–Kier alpha value is 0.597. The molecule has 0 aromatic rings. The maximum atomic E-state index is 2.12. The van der Waals surface area contributed by atoms with Crippen LogP contribution in [0.4, 0.5) is 0 Å². The van der Waals surface area contributed by atoms with Gasteiger partial charge in [0.15, 0.2) is 0 Å². The minimum Gasteiger partial charge on any atom is -1.00 e. The van der Waals surface area contributed by atoms with E-state index in [0.29, 0.717) is 0 Å². The summed E-state index contributed by atoms with van der Waals surface area (Å²) < 4.78 is 0. The first-order chi connectivity index (χ1) is 1.91. The van der Waals surface area contributed by atoms with Crippen LogP contribution >= 0.6 is 0 Å². The number of hydrogen-bond donors (Lipinski definition) is 0. The molecule has 0 saturated heterocycles. The van der Waals surface area contributed by atoms with E-state index in [-0.39, 0.29) is 18.9 Å². The van der Waals surface area contributed by atoms with Crippen molar-refractivity contribution in [1.29, 1.82) is 0 Å². The second kappa shape index (κ2) is 8.82. The smallest absolute Gasteiger partial charge is 0.0925 e. The second-order valence-corrected chi connectivity index (χ2v) is 0.816. The third kappa shape index (κ3) is 12.2. The number of rotatable bonds is 1. The van der Waals surface area contributed by atoms with Crippen molar-refractivity contribution in [3.63, 3.8) is 0 Å². The van der Waals surface area contributed by atoms with Crippen molar-refractivity contribution >= 4 is 18.9 Å². The van der Waals surface area contributed by atoms with E-state index in [1.807, 2.05) is 0 Å². The molecule has 0 atom stereocenters. The summed E-state index contributed by atoms with van der Waals surface area (Å²) in [4.78, 5) is 0. The van der Waals surface area contributed by atoms with Gasteiger partial charge in [-0.3, -0.25) is 0 Å². The maximum Gasteiger partial charge on any atom is -0.0925 e. The molecule has 0 aromatic heterocycles. The molecule has 0 saturated carbocycles. The van der Waals surface area contributed by atoms with Crippen molar-refractivity contribution in [3.05, 3.63) is 6.42 Å². The standard InChI is InChI=1S/C4H9.Li/c1-3-4-2;/h3H,4H2,1-2H3;/q2*-1. The second-order valence-electron chi connectivity index (χ2n) is 0.816. The van der Waals surface area contributed by atoms with Crippen LogP contribution in [0, 0.1) is 6.42 Å². The molecule has 0 aromatic carbocycles. The summed E-state index contributed by atoms with van der Waals surface area (Å²) in [5.74, 6) is 0. The Kier molecular flexibility index (Phi) is 16.1. The Balaban J connectivity index is 0. The van der Waals surface area contributed by atoms with E-state index in [4.69, 9.17) is 0 Å². The van der Waals surface area contributed by atoms with Crippen molar-refractivity contribution in [1.82, 2.24) is 0 Å². The van der Waals surface area contributed by atoms with Gasteiger partial charge in [0.05, 0.1) is 0 Å². The zero-order chi connectivity index (χ0) is 3.41. The van der Waals surface area contributed by atoms with Crippen molar-refractivity contribution in [2.75, 3.05) is 0 Å². The SMILES string of the molecule is C[CH-]CC.[Li-]. The Labute approximate surface area is 46.1 Å². The Morgan fingerprint density at radius 2 is 1.80 bits per heavy atom. The summed E-state index contributed by atoms with van der Waals surface area (Å²) in [6.45, 7) is 4.18. The van der Waals surface area contributed by atoms with Crippen LogP contribution in [0.2, 0.25) is 0 Å². The van der Waals surface area contributed by atoms with Gasteiger partial charge in [-0.25, -0.2) is 0 Å². The largest absolute Gasteiger partial charge is 1.00 e. The molecule has 28 valence electrons. The molecule has 0 N–H and O–H groups in total. The van der Waals surface area contributed by atoms with E-state index < -0.39 is 0 Å². The zero-order valence-corrected chi connectivity index (χ0v) is 4.28. The summed E-state index contributed by atoms with van der Waals surface area (Å²) in [5.41, 5.74) is 0. The van der Waals surface area contributed by atoms with E-state index in [1.165, 1.54) is 6.42 Å². The van der Waals surface area contributed by atoms with Crippen molar-refractivity contribution in [2.45, 2.75) is 20.3 Å². The van der Waals surface area contributed by atoms with Gasteiger partial charge in [-0.05, 0) is 0 Å². The van der Waals surface area contributed by atoms with Crippen molar-refractivity contribution in [3.8, 4) is 0 Å². The molecule has 0 aliphatic carbocycles. The van der Waals surface area contributed by atoms with Gasteiger partial charge in [0, 0.05) is 0 Å². The summed E-state index contributed by atoms with van der Waals surface area (Å²) in [5, 5.41) is 0. The van der Waals surface area contributed by atoms with Crippen molar-refractivity contribution < 1.29 is 0 Å². The van der Waals surface area contributed by atoms with Crippen LogP contribution in [0.5, 0.6) is 0 Å². The van der Waals surface area contributed by atoms with Gasteiger partial charge in [-0.2, -0.15) is 13.3 Å². The minimum absolute atomic E-state index is 0. The molecule has 0 rings (SSSR count). The third-order valence-electron chi connectivity index (χ3n) is 0.408. The minimum atomic E-state index is 0. The van der Waals surface area contributed by atoms with Crippen molar-refractivity contribution in [2.24, 2.45) is 0 Å². The van der Waals surface area contributed by atoms with E-state index in [2.05, 4.69) is 20.3 Å². The van der Waals surface area contributed by atoms with Crippen LogP contribution in [0.1, 0.15) is 20.3 Å². The first-order valence-corrected chi connectivity index (χ1v) is 1.69. The zero-order valence-electron chi connectivity index (χ0n) is 4.28. The van der Waals surface area contributed by atoms with E-state index in [9.17, 15) is 0 Å². The van der Waals surface area contributed by atoms with Crippen LogP contribution in [0.25, 0.3) is 0 Å². The average molecular weight is 64.1 g/mol. The summed E-state index contributed by atoms with van der Waals surface area (Å²) in [6.07, 6.45) is 3.32. The fourth-order valence-corrected chi connectivity index (χ4v) is 0. The van der Waals surface area contributed by atoms with Gasteiger partial charge in [-0.15, -0.1) is 0 Å². The molecule has 0 spiro atoms. The fraction of sp³-hybridized carbons (Fsp3) is 0.750. The molecule has 0 aliphatic rings. The number of unbranched alkanes of at least 4 members (excludes halogenated alkanes) is 1. The topological polar surface area (TPSA) is 0 Å². The molecule has 0 heterocycles. The molecule has 5 heavy (non-hydrogen) atoms. The predicted octanol–water partition coefficient (Wildman–Crippen LogP) is 1.24. The van der Waals surface area contributed by atoms with Crippen LogP contribution in [0.3, 0.4) is 0 Å². The third-order valence-corrected chi connectivity index (χ3v) is 0.408. The average Bonchev–Trinajstić information content (AvgIpc) is 1.37. The van der Waals surface area contributed by atoms with Gasteiger partial charge in [0.2, 0.25) is 0 Å². The first-order valence-electron chi connectivity index (χ1n) is 1.69. The first kappa shape index (κ1) is 9.14. The van der Waals surface area contributed by atoms with Crippen LogP contribution < -0.4 is 0 Å². The van der Waals surface area contributed by atoms with Gasteiger partial charge >= 0.3 is 0 Å². The molecule has 0 nitrogen and oxygen atoms in total. The molecular weight excluding hydrogens is 55.0 g/mol. The van der Waals surface area contributed by atoms with Crippen LogP contribution in [-0.4, -0.2) is 18.9 Å². The van der Waals surface area contributed by atoms with E-state index in [0.717, 1.165) is 0 Å². The van der Waals surface area contributed by atoms with E-state index >= 15 is 0 Å². The molecule has 0 amide bonds. The normalized spacial score (nSPS) is 6.00. The van der Waals surface area contributed by atoms with Gasteiger partial charge in [-0.1, -0.05) is 6.92 Å². The Morgan fingerprint density at radius 3 is 1.80 bits per heavy atom. The fourth-order valence-electron chi connectivity index (χ4n) is 0. The quantitative estimate of drug-likeness (QED) is 0.318. The molecule has 0 aliphatic heterocycles. The van der Waals surface area contributed by atoms with Crippen LogP contribution in [0.15, 0.2) is 0 Å². The molecule has 2 radical (unpaired) electrons. The monoisotopic (exact) mass is 64.1 g/mol. The van der Waals surface area contributed by atoms with E-state index in [1.54, 1.807) is 0 Å².